The molecule has 0 aliphatic carbocycles. The van der Waals surface area contributed by atoms with Gasteiger partial charge in [-0.25, -0.2) is 9.37 Å². The first-order valence-corrected chi connectivity index (χ1v) is 9.13. The number of nitrogens with zero attached hydrogens (tertiary/aromatic N) is 5. The van der Waals surface area contributed by atoms with E-state index in [1.165, 1.54) is 30.8 Å². The topological polar surface area (TPSA) is 92.4 Å². The molecule has 0 N–H and O–H groups in total. The van der Waals surface area contributed by atoms with E-state index in [4.69, 9.17) is 4.52 Å². The molecule has 3 aromatic rings. The van der Waals surface area contributed by atoms with Crippen LogP contribution < -0.4 is 0 Å². The highest BCUT2D eigenvalue weighted by Crippen LogP contribution is 2.44. The molecule has 9 heteroatoms. The average molecular weight is 393 g/mol. The van der Waals surface area contributed by atoms with Gasteiger partial charge in [0.25, 0.3) is 11.8 Å². The number of benzene rings is 1. The van der Waals surface area contributed by atoms with Gasteiger partial charge in [-0.05, 0) is 24.6 Å². The Kier molecular flexibility index (Phi) is 3.73. The molecule has 5 rings (SSSR count). The van der Waals surface area contributed by atoms with E-state index in [2.05, 4.69) is 15.1 Å². The van der Waals surface area contributed by atoms with Crippen LogP contribution in [0.1, 0.15) is 37.8 Å². The number of hydrogen-bond acceptors (Lipinski definition) is 6. The molecule has 8 nitrogen and oxygen atoms in total. The molecule has 29 heavy (non-hydrogen) atoms. The maximum Gasteiger partial charge on any atom is 0.276 e. The molecule has 1 saturated heterocycles. The summed E-state index contributed by atoms with van der Waals surface area (Å²) in [7, 11) is 0. The fraction of sp³-hybridized carbons (Fsp3) is 0.250. The van der Waals surface area contributed by atoms with Crippen LogP contribution in [0.15, 0.2) is 47.4 Å². The zero-order valence-electron chi connectivity index (χ0n) is 15.5. The molecule has 2 aromatic heterocycles. The molecule has 2 aliphatic heterocycles. The second kappa shape index (κ2) is 6.20. The van der Waals surface area contributed by atoms with Gasteiger partial charge in [0.15, 0.2) is 0 Å². The summed E-state index contributed by atoms with van der Waals surface area (Å²) >= 11 is 0. The Hall–Kier alpha value is -3.62. The van der Waals surface area contributed by atoms with Gasteiger partial charge >= 0.3 is 0 Å². The maximum atomic E-state index is 13.6. The Morgan fingerprint density at radius 3 is 2.66 bits per heavy atom. The van der Waals surface area contributed by atoms with Crippen molar-refractivity contribution >= 4 is 11.8 Å². The van der Waals surface area contributed by atoms with Crippen LogP contribution in [0.4, 0.5) is 4.39 Å². The van der Waals surface area contributed by atoms with E-state index in [-0.39, 0.29) is 23.9 Å². The third-order valence-electron chi connectivity index (χ3n) is 5.61. The predicted octanol–water partition coefficient (Wildman–Crippen LogP) is 1.92. The zero-order chi connectivity index (χ0) is 20.2. The van der Waals surface area contributed by atoms with E-state index in [0.717, 1.165) is 0 Å². The van der Waals surface area contributed by atoms with E-state index < -0.39 is 11.5 Å². The summed E-state index contributed by atoms with van der Waals surface area (Å²) < 4.78 is 18.6. The van der Waals surface area contributed by atoms with Gasteiger partial charge in [-0.2, -0.15) is 0 Å². The lowest BCUT2D eigenvalue weighted by molar-refractivity contribution is 0.00635. The van der Waals surface area contributed by atoms with Crippen LogP contribution in [-0.2, 0) is 12.1 Å². The highest BCUT2D eigenvalue weighted by molar-refractivity contribution is 5.99. The highest BCUT2D eigenvalue weighted by atomic mass is 19.1. The van der Waals surface area contributed by atoms with Crippen molar-refractivity contribution < 1.29 is 18.5 Å². The van der Waals surface area contributed by atoms with Gasteiger partial charge in [0, 0.05) is 31.9 Å². The Bertz CT molecular complexity index is 1130. The van der Waals surface area contributed by atoms with E-state index in [9.17, 15) is 14.0 Å². The molecule has 1 fully saturated rings. The number of carbonyl (C=O) groups excluding carboxylic acids is 2. The minimum Gasteiger partial charge on any atom is -0.364 e. The second-order valence-electron chi connectivity index (χ2n) is 7.08. The summed E-state index contributed by atoms with van der Waals surface area (Å²) in [5.41, 5.74) is 1.06. The summed E-state index contributed by atoms with van der Waals surface area (Å²) in [6.07, 6.45) is 4.55. The Morgan fingerprint density at radius 1 is 1.17 bits per heavy atom. The van der Waals surface area contributed by atoms with Crippen LogP contribution in [0.2, 0.25) is 0 Å². The van der Waals surface area contributed by atoms with Crippen molar-refractivity contribution in [1.82, 2.24) is 24.9 Å². The Morgan fingerprint density at radius 2 is 1.93 bits per heavy atom. The number of aryl methyl sites for hydroxylation is 1. The predicted molar refractivity (Wildman–Crippen MR) is 97.1 cm³/mol. The third kappa shape index (κ3) is 2.40. The molecule has 0 radical (unpaired) electrons. The number of fused-ring (bicyclic) bond motifs is 2. The van der Waals surface area contributed by atoms with Crippen molar-refractivity contribution in [2.45, 2.75) is 19.0 Å². The quantitative estimate of drug-likeness (QED) is 0.661. The molecule has 1 aromatic carbocycles. The number of carbonyl (C=O) groups is 2. The SMILES string of the molecule is Cc1nocc1C(=O)N1CCN2C(=O)c3nccnc3C[C@]12c1ccc(F)cc1. The monoisotopic (exact) mass is 393 g/mol. The van der Waals surface area contributed by atoms with Gasteiger partial charge < -0.3 is 14.3 Å². The van der Waals surface area contributed by atoms with Crippen LogP contribution in [0, 0.1) is 12.7 Å². The van der Waals surface area contributed by atoms with Gasteiger partial charge in [-0.15, -0.1) is 0 Å². The molecule has 4 heterocycles. The second-order valence-corrected chi connectivity index (χ2v) is 7.08. The van der Waals surface area contributed by atoms with Crippen molar-refractivity contribution in [2.24, 2.45) is 0 Å². The maximum absolute atomic E-state index is 13.6. The molecule has 0 bridgehead atoms. The molecule has 2 amide bonds. The largest absolute Gasteiger partial charge is 0.364 e. The van der Waals surface area contributed by atoms with Gasteiger partial charge in [0.2, 0.25) is 0 Å². The van der Waals surface area contributed by atoms with Crippen LogP contribution in [0.25, 0.3) is 0 Å². The van der Waals surface area contributed by atoms with Crippen LogP contribution >= 0.6 is 0 Å². The minimum atomic E-state index is -1.13. The van der Waals surface area contributed by atoms with Crippen LogP contribution in [-0.4, -0.2) is 49.8 Å². The fourth-order valence-corrected chi connectivity index (χ4v) is 4.26. The summed E-state index contributed by atoms with van der Waals surface area (Å²) in [6, 6.07) is 5.85. The smallest absolute Gasteiger partial charge is 0.276 e. The number of amides is 2. The molecule has 0 unspecified atom stereocenters. The molecule has 2 aliphatic rings. The number of rotatable bonds is 2. The van der Waals surface area contributed by atoms with Crippen molar-refractivity contribution in [1.29, 1.82) is 0 Å². The van der Waals surface area contributed by atoms with Gasteiger partial charge in [0.05, 0.1) is 11.4 Å². The molecule has 146 valence electrons. The third-order valence-corrected chi connectivity index (χ3v) is 5.61. The summed E-state index contributed by atoms with van der Waals surface area (Å²) in [4.78, 5) is 38.4. The highest BCUT2D eigenvalue weighted by Gasteiger charge is 2.56. The first-order valence-electron chi connectivity index (χ1n) is 9.13. The molecular weight excluding hydrogens is 377 g/mol. The Labute approximate surface area is 165 Å². The van der Waals surface area contributed by atoms with Crippen molar-refractivity contribution in [2.75, 3.05) is 13.1 Å². The molecule has 0 spiro atoms. The molecule has 0 saturated carbocycles. The average Bonchev–Trinajstić information content (AvgIpc) is 3.33. The van der Waals surface area contributed by atoms with Crippen molar-refractivity contribution in [3.63, 3.8) is 0 Å². The van der Waals surface area contributed by atoms with Crippen molar-refractivity contribution in [3.05, 3.63) is 76.9 Å². The first-order chi connectivity index (χ1) is 14.0. The molecule has 1 atom stereocenters. The van der Waals surface area contributed by atoms with E-state index in [1.807, 2.05) is 0 Å². The first kappa shape index (κ1) is 17.5. The fourth-order valence-electron chi connectivity index (χ4n) is 4.26. The van der Waals surface area contributed by atoms with E-state index >= 15 is 0 Å². The summed E-state index contributed by atoms with van der Waals surface area (Å²) in [5, 5.41) is 3.80. The summed E-state index contributed by atoms with van der Waals surface area (Å²) in [5.74, 6) is -1.01. The number of halogens is 1. The minimum absolute atomic E-state index is 0.254. The lowest BCUT2D eigenvalue weighted by Crippen LogP contribution is -2.59. The summed E-state index contributed by atoms with van der Waals surface area (Å²) in [6.45, 7) is 2.31. The van der Waals surface area contributed by atoms with Crippen molar-refractivity contribution in [3.8, 4) is 0 Å². The zero-order valence-corrected chi connectivity index (χ0v) is 15.5. The van der Waals surface area contributed by atoms with Gasteiger partial charge in [-0.3, -0.25) is 14.6 Å². The van der Waals surface area contributed by atoms with Gasteiger partial charge in [-0.1, -0.05) is 17.3 Å². The lowest BCUT2D eigenvalue weighted by atomic mass is 9.87. The molecular formula is C20H16FN5O3. The van der Waals surface area contributed by atoms with E-state index in [1.54, 1.807) is 28.9 Å². The van der Waals surface area contributed by atoms with Crippen LogP contribution in [0.3, 0.4) is 0 Å². The van der Waals surface area contributed by atoms with E-state index in [0.29, 0.717) is 35.6 Å². The van der Waals surface area contributed by atoms with Crippen LogP contribution in [0.5, 0.6) is 0 Å². The normalized spacial score (nSPS) is 20.6. The number of aromatic nitrogens is 3. The van der Waals surface area contributed by atoms with Gasteiger partial charge in [0.1, 0.15) is 29.0 Å². The standard InChI is InChI=1S/C20H16FN5O3/c1-12-15(11-29-24-12)18(27)25-8-9-26-19(28)17-16(22-6-7-23-17)10-20(25,26)13-2-4-14(21)5-3-13/h2-7,11H,8-10H2,1H3/t20-/m0/s1. The Balaban J connectivity index is 1.71. The number of hydrogen-bond donors (Lipinski definition) is 0. The lowest BCUT2D eigenvalue weighted by Gasteiger charge is -2.46.